The van der Waals surface area contributed by atoms with E-state index < -0.39 is 0 Å². The molecule has 3 heterocycles. The molecule has 4 nitrogen and oxygen atoms in total. The fourth-order valence-corrected chi connectivity index (χ4v) is 8.11. The molecule has 10 rings (SSSR count). The molecule has 0 aliphatic carbocycles. The van der Waals surface area contributed by atoms with Crippen LogP contribution >= 0.6 is 11.3 Å². The number of rotatable bonds is 5. The Balaban J connectivity index is 1.15. The molecule has 0 radical (unpaired) electrons. The zero-order valence-electron chi connectivity index (χ0n) is 26.7. The minimum atomic E-state index is 0.598. The van der Waals surface area contributed by atoms with Gasteiger partial charge in [0.1, 0.15) is 11.2 Å². The highest BCUT2D eigenvalue weighted by Crippen LogP contribution is 2.41. The summed E-state index contributed by atoms with van der Waals surface area (Å²) in [7, 11) is 0. The van der Waals surface area contributed by atoms with Crippen LogP contribution in [0, 0.1) is 0 Å². The van der Waals surface area contributed by atoms with E-state index in [1.807, 2.05) is 12.1 Å². The predicted octanol–water partition coefficient (Wildman–Crippen LogP) is 12.5. The van der Waals surface area contributed by atoms with Crippen molar-refractivity contribution in [3.8, 4) is 56.4 Å². The van der Waals surface area contributed by atoms with Crippen LogP contribution < -0.4 is 0 Å². The van der Waals surface area contributed by atoms with Crippen LogP contribution in [0.4, 0.5) is 0 Å². The normalized spacial score (nSPS) is 11.6. The molecule has 10 aromatic rings. The lowest BCUT2D eigenvalue weighted by molar-refractivity contribution is 0.670. The van der Waals surface area contributed by atoms with E-state index in [-0.39, 0.29) is 0 Å². The molecule has 0 unspecified atom stereocenters. The number of hydrogen-bond donors (Lipinski definition) is 0. The summed E-state index contributed by atoms with van der Waals surface area (Å²) in [6, 6.07) is 56.8. The average molecular weight is 658 g/mol. The summed E-state index contributed by atoms with van der Waals surface area (Å²) in [6.07, 6.45) is 0. The standard InChI is InChI=1S/C45H27N3OS/c1-3-11-28(12-4-1)29-21-23-31(24-22-29)43-46-44(48-45(47-43)38-19-10-18-37-35-15-7-8-20-40(35)50-42(37)38)32-25-26-34-36-17-9-16-33(30-13-5-2-6-14-30)41(36)49-39(34)27-32/h1-27H. The largest absolute Gasteiger partial charge is 0.455 e. The van der Waals surface area contributed by atoms with Crippen molar-refractivity contribution in [2.45, 2.75) is 0 Å². The van der Waals surface area contributed by atoms with Crippen LogP contribution in [0.5, 0.6) is 0 Å². The van der Waals surface area contributed by atoms with Crippen LogP contribution in [0.1, 0.15) is 0 Å². The number of aromatic nitrogens is 3. The van der Waals surface area contributed by atoms with Gasteiger partial charge in [0, 0.05) is 53.2 Å². The molecule has 0 aliphatic heterocycles. The van der Waals surface area contributed by atoms with Gasteiger partial charge in [-0.25, -0.2) is 15.0 Å². The second-order valence-corrected chi connectivity index (χ2v) is 13.4. The Bertz CT molecular complexity index is 2860. The molecule has 0 saturated carbocycles. The maximum atomic E-state index is 6.61. The number of fused-ring (bicyclic) bond motifs is 6. The number of thiophene rings is 1. The predicted molar refractivity (Wildman–Crippen MR) is 207 cm³/mol. The van der Waals surface area contributed by atoms with E-state index in [9.17, 15) is 0 Å². The molecule has 0 N–H and O–H groups in total. The van der Waals surface area contributed by atoms with Gasteiger partial charge in [0.05, 0.1) is 0 Å². The zero-order valence-corrected chi connectivity index (χ0v) is 27.6. The Morgan fingerprint density at radius 3 is 1.76 bits per heavy atom. The van der Waals surface area contributed by atoms with Crippen molar-refractivity contribution in [1.82, 2.24) is 15.0 Å². The van der Waals surface area contributed by atoms with E-state index in [4.69, 9.17) is 19.4 Å². The molecule has 7 aromatic carbocycles. The summed E-state index contributed by atoms with van der Waals surface area (Å²) < 4.78 is 9.01. The number of hydrogen-bond acceptors (Lipinski definition) is 5. The first kappa shape index (κ1) is 28.6. The Hall–Kier alpha value is -6.43. The summed E-state index contributed by atoms with van der Waals surface area (Å²) in [4.78, 5) is 15.4. The SMILES string of the molecule is c1ccc(-c2ccc(-c3nc(-c4ccc5c(c4)oc4c(-c6ccccc6)cccc45)nc(-c4cccc5c4sc4ccccc45)n3)cc2)cc1. The number of benzene rings is 7. The third kappa shape index (κ3) is 4.79. The lowest BCUT2D eigenvalue weighted by Gasteiger charge is -2.10. The van der Waals surface area contributed by atoms with Crippen molar-refractivity contribution < 1.29 is 4.42 Å². The molecule has 0 fully saturated rings. The molecule has 0 aliphatic rings. The quantitative estimate of drug-likeness (QED) is 0.185. The molecule has 5 heteroatoms. The lowest BCUT2D eigenvalue weighted by atomic mass is 10.0. The summed E-state index contributed by atoms with van der Waals surface area (Å²) >= 11 is 1.77. The van der Waals surface area contributed by atoms with Crippen LogP contribution in [0.15, 0.2) is 168 Å². The van der Waals surface area contributed by atoms with Crippen molar-refractivity contribution in [3.63, 3.8) is 0 Å². The van der Waals surface area contributed by atoms with Gasteiger partial charge in [-0.15, -0.1) is 11.3 Å². The summed E-state index contributed by atoms with van der Waals surface area (Å²) in [5.41, 5.74) is 8.96. The van der Waals surface area contributed by atoms with Crippen molar-refractivity contribution in [1.29, 1.82) is 0 Å². The zero-order chi connectivity index (χ0) is 33.0. The molecule has 0 amide bonds. The highest BCUT2D eigenvalue weighted by atomic mass is 32.1. The lowest BCUT2D eigenvalue weighted by Crippen LogP contribution is -2.00. The monoisotopic (exact) mass is 657 g/mol. The Kier molecular flexibility index (Phi) is 6.64. The fraction of sp³-hybridized carbons (Fsp3) is 0. The summed E-state index contributed by atoms with van der Waals surface area (Å²) in [5.74, 6) is 1.87. The third-order valence-electron chi connectivity index (χ3n) is 9.37. The van der Waals surface area contributed by atoms with E-state index in [1.165, 1.54) is 21.0 Å². The van der Waals surface area contributed by atoms with E-state index in [0.717, 1.165) is 60.0 Å². The molecule has 3 aromatic heterocycles. The van der Waals surface area contributed by atoms with Crippen molar-refractivity contribution in [2.24, 2.45) is 0 Å². The molecular weight excluding hydrogens is 631 g/mol. The van der Waals surface area contributed by atoms with Gasteiger partial charge < -0.3 is 4.42 Å². The van der Waals surface area contributed by atoms with Crippen LogP contribution in [0.3, 0.4) is 0 Å². The van der Waals surface area contributed by atoms with E-state index in [1.54, 1.807) is 11.3 Å². The Labute approximate surface area is 292 Å². The maximum Gasteiger partial charge on any atom is 0.165 e. The number of para-hydroxylation sites is 1. The molecule has 0 spiro atoms. The van der Waals surface area contributed by atoms with E-state index in [0.29, 0.717) is 17.5 Å². The highest BCUT2D eigenvalue weighted by Gasteiger charge is 2.18. The van der Waals surface area contributed by atoms with Gasteiger partial charge in [0.2, 0.25) is 0 Å². The van der Waals surface area contributed by atoms with Gasteiger partial charge in [-0.1, -0.05) is 140 Å². The van der Waals surface area contributed by atoms with Gasteiger partial charge in [0.15, 0.2) is 17.5 Å². The van der Waals surface area contributed by atoms with Crippen LogP contribution in [-0.2, 0) is 0 Å². The summed E-state index contributed by atoms with van der Waals surface area (Å²) in [6.45, 7) is 0. The van der Waals surface area contributed by atoms with Gasteiger partial charge in [-0.2, -0.15) is 0 Å². The van der Waals surface area contributed by atoms with Crippen molar-refractivity contribution in [2.75, 3.05) is 0 Å². The van der Waals surface area contributed by atoms with Gasteiger partial charge >= 0.3 is 0 Å². The van der Waals surface area contributed by atoms with Crippen LogP contribution in [-0.4, -0.2) is 15.0 Å². The first-order valence-electron chi connectivity index (χ1n) is 16.6. The maximum absolute atomic E-state index is 6.61. The van der Waals surface area contributed by atoms with Crippen molar-refractivity contribution >= 4 is 53.4 Å². The van der Waals surface area contributed by atoms with Gasteiger partial charge in [0.25, 0.3) is 0 Å². The molecular formula is C45H27N3OS. The Morgan fingerprint density at radius 1 is 0.380 bits per heavy atom. The van der Waals surface area contributed by atoms with Gasteiger partial charge in [-0.05, 0) is 41.0 Å². The average Bonchev–Trinajstić information content (AvgIpc) is 3.77. The molecule has 0 bridgehead atoms. The molecule has 234 valence electrons. The first-order chi connectivity index (χ1) is 24.8. The Morgan fingerprint density at radius 2 is 0.960 bits per heavy atom. The second-order valence-electron chi connectivity index (χ2n) is 12.4. The first-order valence-corrected chi connectivity index (χ1v) is 17.4. The minimum absolute atomic E-state index is 0.598. The fourth-order valence-electron chi connectivity index (χ4n) is 6.90. The van der Waals surface area contributed by atoms with Crippen LogP contribution in [0.25, 0.3) is 98.5 Å². The number of furan rings is 1. The third-order valence-corrected chi connectivity index (χ3v) is 10.6. The van der Waals surface area contributed by atoms with Crippen molar-refractivity contribution in [3.05, 3.63) is 164 Å². The smallest absolute Gasteiger partial charge is 0.165 e. The summed E-state index contributed by atoms with van der Waals surface area (Å²) in [5, 5.41) is 4.59. The topological polar surface area (TPSA) is 51.8 Å². The highest BCUT2D eigenvalue weighted by molar-refractivity contribution is 7.26. The van der Waals surface area contributed by atoms with Crippen LogP contribution in [0.2, 0.25) is 0 Å². The molecule has 50 heavy (non-hydrogen) atoms. The molecule has 0 saturated heterocycles. The van der Waals surface area contributed by atoms with E-state index >= 15 is 0 Å². The molecule has 0 atom stereocenters. The number of nitrogens with zero attached hydrogens (tertiary/aromatic N) is 3. The second kappa shape index (κ2) is 11.6. The minimum Gasteiger partial charge on any atom is -0.455 e. The van der Waals surface area contributed by atoms with E-state index in [2.05, 4.69) is 152 Å². The van der Waals surface area contributed by atoms with Gasteiger partial charge in [-0.3, -0.25) is 0 Å².